The van der Waals surface area contributed by atoms with E-state index in [4.69, 9.17) is 11.5 Å². The third-order valence-electron chi connectivity index (χ3n) is 3.94. The first kappa shape index (κ1) is 23.2. The number of aliphatic imine (C=N–C) groups is 2. The van der Waals surface area contributed by atoms with Crippen molar-refractivity contribution in [1.82, 2.24) is 4.90 Å². The lowest BCUT2D eigenvalue weighted by atomic mass is 10.1. The van der Waals surface area contributed by atoms with Crippen LogP contribution >= 0.6 is 12.4 Å². The largest absolute Gasteiger partial charge is 0.369 e. The van der Waals surface area contributed by atoms with E-state index in [1.54, 1.807) is 0 Å². The molecule has 1 aromatic carbocycles. The van der Waals surface area contributed by atoms with Crippen LogP contribution in [0.3, 0.4) is 0 Å². The van der Waals surface area contributed by atoms with Crippen LogP contribution in [0.15, 0.2) is 40.3 Å². The Balaban J connectivity index is 0.00000576. The van der Waals surface area contributed by atoms with Gasteiger partial charge in [-0.05, 0) is 18.9 Å². The van der Waals surface area contributed by atoms with Gasteiger partial charge in [-0.3, -0.25) is 4.99 Å². The number of hydrogen-bond donors (Lipinski definition) is 2. The molecule has 6 heteroatoms. The van der Waals surface area contributed by atoms with E-state index in [0.29, 0.717) is 5.96 Å². The molecule has 1 rings (SSSR count). The monoisotopic (exact) mass is 367 g/mol. The first-order chi connectivity index (χ1) is 11.7. The fourth-order valence-electron chi connectivity index (χ4n) is 2.47. The molecule has 1 aromatic rings. The van der Waals surface area contributed by atoms with Crippen LogP contribution in [0, 0.1) is 0 Å². The number of nitrogens with zero attached hydrogens (tertiary/aromatic N) is 3. The second kappa shape index (κ2) is 14.6. The van der Waals surface area contributed by atoms with Crippen LogP contribution in [0.2, 0.25) is 0 Å². The van der Waals surface area contributed by atoms with Crippen molar-refractivity contribution >= 4 is 24.3 Å². The molecule has 142 valence electrons. The third-order valence-corrected chi connectivity index (χ3v) is 3.94. The molecular formula is C19H34ClN5. The van der Waals surface area contributed by atoms with Gasteiger partial charge in [-0.25, -0.2) is 0 Å². The summed E-state index contributed by atoms with van der Waals surface area (Å²) in [5.41, 5.74) is 13.2. The van der Waals surface area contributed by atoms with Crippen molar-refractivity contribution in [2.24, 2.45) is 21.5 Å². The minimum atomic E-state index is 0. The smallest absolute Gasteiger partial charge is 0.218 e. The van der Waals surface area contributed by atoms with Crippen molar-refractivity contribution in [3.05, 3.63) is 35.9 Å². The molecule has 4 N–H and O–H groups in total. The Morgan fingerprint density at radius 3 is 2.24 bits per heavy atom. The Bertz CT molecular complexity index is 502. The van der Waals surface area contributed by atoms with Gasteiger partial charge in [-0.15, -0.1) is 12.4 Å². The zero-order valence-corrected chi connectivity index (χ0v) is 16.5. The minimum absolute atomic E-state index is 0. The molecule has 0 aliphatic rings. The molecule has 0 aliphatic carbocycles. The highest BCUT2D eigenvalue weighted by molar-refractivity contribution is 5.93. The van der Waals surface area contributed by atoms with Crippen LogP contribution in [0.25, 0.3) is 0 Å². The molecule has 5 nitrogen and oxygen atoms in total. The van der Waals surface area contributed by atoms with Crippen LogP contribution < -0.4 is 11.5 Å². The molecule has 0 fully saturated rings. The average Bonchev–Trinajstić information content (AvgIpc) is 2.59. The second-order valence-corrected chi connectivity index (χ2v) is 5.98. The average molecular weight is 368 g/mol. The van der Waals surface area contributed by atoms with E-state index in [1.807, 2.05) is 23.1 Å². The predicted octanol–water partition coefficient (Wildman–Crippen LogP) is 3.92. The maximum Gasteiger partial charge on any atom is 0.218 e. The number of nitrogens with two attached hydrogens (primary N) is 2. The zero-order valence-electron chi connectivity index (χ0n) is 15.7. The SMILES string of the molecule is CCCCCCCCN=C(N)/N=C(\N)N(CC)Cc1ccccc1.Cl. The standard InChI is InChI=1S/C19H33N5.ClH/c1-3-5-6-7-8-12-15-22-18(20)23-19(21)24(4-2)16-17-13-10-9-11-14-17;/h9-11,13-14H,3-8,12,15-16H2,1-2H3,(H4,20,21,22,23);1H. The number of unbranched alkanes of at least 4 members (excludes halogenated alkanes) is 5. The van der Waals surface area contributed by atoms with Gasteiger partial charge < -0.3 is 16.4 Å². The molecule has 25 heavy (non-hydrogen) atoms. The van der Waals surface area contributed by atoms with Gasteiger partial charge in [0.25, 0.3) is 0 Å². The van der Waals surface area contributed by atoms with Crippen molar-refractivity contribution in [3.8, 4) is 0 Å². The number of rotatable bonds is 10. The Hall–Kier alpha value is -1.75. The van der Waals surface area contributed by atoms with Gasteiger partial charge in [0.05, 0.1) is 0 Å². The Morgan fingerprint density at radius 1 is 0.960 bits per heavy atom. The molecular weight excluding hydrogens is 334 g/mol. The Morgan fingerprint density at radius 2 is 1.60 bits per heavy atom. The molecule has 0 atom stereocenters. The van der Waals surface area contributed by atoms with Crippen molar-refractivity contribution in [1.29, 1.82) is 0 Å². The van der Waals surface area contributed by atoms with Crippen molar-refractivity contribution in [3.63, 3.8) is 0 Å². The number of hydrogen-bond acceptors (Lipinski definition) is 1. The summed E-state index contributed by atoms with van der Waals surface area (Å²) in [4.78, 5) is 10.5. The van der Waals surface area contributed by atoms with Gasteiger partial charge in [0.2, 0.25) is 5.96 Å². The van der Waals surface area contributed by atoms with Crippen LogP contribution in [0.5, 0.6) is 0 Å². The molecule has 0 aliphatic heterocycles. The molecule has 0 heterocycles. The first-order valence-electron chi connectivity index (χ1n) is 9.10. The highest BCUT2D eigenvalue weighted by Gasteiger charge is 2.07. The van der Waals surface area contributed by atoms with Gasteiger partial charge in [0.1, 0.15) is 0 Å². The van der Waals surface area contributed by atoms with E-state index in [1.165, 1.54) is 37.7 Å². The van der Waals surface area contributed by atoms with Crippen LogP contribution in [0.4, 0.5) is 0 Å². The van der Waals surface area contributed by atoms with Gasteiger partial charge in [0.15, 0.2) is 5.96 Å². The summed E-state index contributed by atoms with van der Waals surface area (Å²) in [5, 5.41) is 0. The van der Waals surface area contributed by atoms with Crippen LogP contribution in [0.1, 0.15) is 57.9 Å². The van der Waals surface area contributed by atoms with E-state index >= 15 is 0 Å². The Kier molecular flexibility index (Phi) is 13.6. The summed E-state index contributed by atoms with van der Waals surface area (Å²) >= 11 is 0. The normalized spacial score (nSPS) is 11.9. The predicted molar refractivity (Wildman–Crippen MR) is 111 cm³/mol. The van der Waals surface area contributed by atoms with Gasteiger partial charge >= 0.3 is 0 Å². The topological polar surface area (TPSA) is 80.0 Å². The molecule has 0 amide bonds. The lowest BCUT2D eigenvalue weighted by molar-refractivity contribution is 0.431. The fraction of sp³-hybridized carbons (Fsp3) is 0.579. The van der Waals surface area contributed by atoms with Gasteiger partial charge in [0, 0.05) is 19.6 Å². The van der Waals surface area contributed by atoms with Crippen LogP contribution in [-0.4, -0.2) is 29.9 Å². The molecule has 0 bridgehead atoms. The molecule has 0 saturated carbocycles. The molecule has 0 radical (unpaired) electrons. The lowest BCUT2D eigenvalue weighted by Crippen LogP contribution is -2.38. The van der Waals surface area contributed by atoms with E-state index in [9.17, 15) is 0 Å². The highest BCUT2D eigenvalue weighted by Crippen LogP contribution is 2.05. The molecule has 0 saturated heterocycles. The summed E-state index contributed by atoms with van der Waals surface area (Å²) in [6.45, 7) is 6.49. The summed E-state index contributed by atoms with van der Waals surface area (Å²) in [7, 11) is 0. The van der Waals surface area contributed by atoms with Crippen molar-refractivity contribution in [2.45, 2.75) is 58.9 Å². The van der Waals surface area contributed by atoms with E-state index in [2.05, 4.69) is 36.0 Å². The van der Waals surface area contributed by atoms with E-state index in [0.717, 1.165) is 26.1 Å². The van der Waals surface area contributed by atoms with Gasteiger partial charge in [-0.1, -0.05) is 69.4 Å². The lowest BCUT2D eigenvalue weighted by Gasteiger charge is -2.21. The highest BCUT2D eigenvalue weighted by atomic mass is 35.5. The molecule has 0 aromatic heterocycles. The summed E-state index contributed by atoms with van der Waals surface area (Å²) in [5.74, 6) is 0.693. The molecule has 0 spiro atoms. The minimum Gasteiger partial charge on any atom is -0.369 e. The molecule has 0 unspecified atom stereocenters. The van der Waals surface area contributed by atoms with Crippen LogP contribution in [-0.2, 0) is 6.54 Å². The fourth-order valence-corrected chi connectivity index (χ4v) is 2.47. The summed E-state index contributed by atoms with van der Waals surface area (Å²) < 4.78 is 0. The van der Waals surface area contributed by atoms with Gasteiger partial charge in [-0.2, -0.15) is 4.99 Å². The number of benzene rings is 1. The van der Waals surface area contributed by atoms with E-state index in [-0.39, 0.29) is 18.4 Å². The zero-order chi connectivity index (χ0) is 17.6. The maximum atomic E-state index is 6.08. The summed E-state index contributed by atoms with van der Waals surface area (Å²) in [6, 6.07) is 10.2. The van der Waals surface area contributed by atoms with E-state index < -0.39 is 0 Å². The quantitative estimate of drug-likeness (QED) is 0.373. The Labute approximate surface area is 159 Å². The van der Waals surface area contributed by atoms with Crippen molar-refractivity contribution in [2.75, 3.05) is 13.1 Å². The second-order valence-electron chi connectivity index (χ2n) is 5.98. The summed E-state index contributed by atoms with van der Waals surface area (Å²) in [6.07, 6.45) is 7.43. The number of guanidine groups is 2. The maximum absolute atomic E-state index is 6.08. The third kappa shape index (κ3) is 10.7. The number of halogens is 1. The first-order valence-corrected chi connectivity index (χ1v) is 9.10. The van der Waals surface area contributed by atoms with Crippen molar-refractivity contribution < 1.29 is 0 Å².